The van der Waals surface area contributed by atoms with Gasteiger partial charge in [0.25, 0.3) is 5.91 Å². The van der Waals surface area contributed by atoms with Crippen molar-refractivity contribution in [1.82, 2.24) is 19.9 Å². The van der Waals surface area contributed by atoms with Crippen LogP contribution in [0.3, 0.4) is 0 Å². The number of nitrogens with zero attached hydrogens (tertiary/aromatic N) is 3. The minimum atomic E-state index is -0.476. The van der Waals surface area contributed by atoms with Crippen molar-refractivity contribution >= 4 is 5.91 Å². The fourth-order valence-corrected chi connectivity index (χ4v) is 3.28. The highest BCUT2D eigenvalue weighted by Crippen LogP contribution is 2.21. The Hall–Kier alpha value is -2.50. The van der Waals surface area contributed by atoms with Crippen LogP contribution < -0.4 is 5.69 Å². The summed E-state index contributed by atoms with van der Waals surface area (Å²) < 4.78 is 0. The molecule has 0 spiro atoms. The number of likely N-dealkylation sites (tertiary alicyclic amines) is 1. The summed E-state index contributed by atoms with van der Waals surface area (Å²) in [6.07, 6.45) is 2.92. The number of carbonyl (C=O) groups excluding carboxylic acids is 1. The lowest BCUT2D eigenvalue weighted by molar-refractivity contribution is 0.0666. The Labute approximate surface area is 141 Å². The predicted octanol–water partition coefficient (Wildman–Crippen LogP) is 1.88. The third kappa shape index (κ3) is 3.88. The number of hydrogen-bond donors (Lipinski definition) is 1. The summed E-state index contributed by atoms with van der Waals surface area (Å²) in [5.74, 6) is 0.228. The van der Waals surface area contributed by atoms with Crippen molar-refractivity contribution < 1.29 is 4.79 Å². The van der Waals surface area contributed by atoms with Gasteiger partial charge in [0.05, 0.1) is 0 Å². The first kappa shape index (κ1) is 16.4. The van der Waals surface area contributed by atoms with Crippen LogP contribution in [-0.2, 0) is 6.42 Å². The molecule has 6 nitrogen and oxygen atoms in total. The highest BCUT2D eigenvalue weighted by Gasteiger charge is 2.26. The van der Waals surface area contributed by atoms with Crippen LogP contribution in [0.5, 0.6) is 0 Å². The van der Waals surface area contributed by atoms with Gasteiger partial charge in [-0.3, -0.25) is 9.78 Å². The predicted molar refractivity (Wildman–Crippen MR) is 90.9 cm³/mol. The van der Waals surface area contributed by atoms with Gasteiger partial charge >= 0.3 is 5.69 Å². The quantitative estimate of drug-likeness (QED) is 0.934. The minimum absolute atomic E-state index is 0.161. The average Bonchev–Trinajstić information content (AvgIpc) is 2.53. The molecule has 1 N–H and O–H groups in total. The highest BCUT2D eigenvalue weighted by molar-refractivity contribution is 5.92. The molecule has 1 aliphatic rings. The van der Waals surface area contributed by atoms with Gasteiger partial charge < -0.3 is 9.88 Å². The van der Waals surface area contributed by atoms with Crippen molar-refractivity contribution in [2.24, 2.45) is 5.92 Å². The van der Waals surface area contributed by atoms with Gasteiger partial charge in [0, 0.05) is 30.2 Å². The molecule has 1 aliphatic heterocycles. The molecule has 2 aromatic heterocycles. The fraction of sp³-hybridized carbons (Fsp3) is 0.444. The Morgan fingerprint density at radius 3 is 2.92 bits per heavy atom. The molecular formula is C18H22N4O2. The van der Waals surface area contributed by atoms with E-state index in [0.717, 1.165) is 30.7 Å². The van der Waals surface area contributed by atoms with E-state index in [0.29, 0.717) is 24.7 Å². The van der Waals surface area contributed by atoms with Crippen molar-refractivity contribution in [2.45, 2.75) is 33.1 Å². The number of H-pyrrole nitrogens is 1. The second-order valence-electron chi connectivity index (χ2n) is 6.49. The first-order valence-electron chi connectivity index (χ1n) is 8.31. The normalized spacial score (nSPS) is 17.8. The number of rotatable bonds is 3. The Morgan fingerprint density at radius 2 is 2.17 bits per heavy atom. The van der Waals surface area contributed by atoms with Crippen molar-refractivity contribution in [3.8, 4) is 0 Å². The standard InChI is InChI=1S/C18H22N4O2/c1-12-5-3-7-15(19-12)10-14-6-4-8-22(11-14)17(23)16-9-13(2)20-18(24)21-16/h3,5,7,9,14H,4,6,8,10-11H2,1-2H3,(H,20,21,24). The molecule has 1 saturated heterocycles. The fourth-order valence-electron chi connectivity index (χ4n) is 3.28. The number of aryl methyl sites for hydroxylation is 2. The maximum absolute atomic E-state index is 12.7. The van der Waals surface area contributed by atoms with Crippen LogP contribution in [0.25, 0.3) is 0 Å². The SMILES string of the molecule is Cc1cccc(CC2CCCN(C(=O)c3cc(C)[nH]c(=O)n3)C2)n1. The number of piperidine rings is 1. The number of carbonyl (C=O) groups is 1. The van der Waals surface area contributed by atoms with Crippen LogP contribution >= 0.6 is 0 Å². The lowest BCUT2D eigenvalue weighted by Crippen LogP contribution is -2.41. The molecule has 0 aromatic carbocycles. The Bertz CT molecular complexity index is 800. The van der Waals surface area contributed by atoms with Crippen LogP contribution in [0, 0.1) is 19.8 Å². The van der Waals surface area contributed by atoms with Gasteiger partial charge in [-0.25, -0.2) is 4.79 Å². The first-order valence-corrected chi connectivity index (χ1v) is 8.31. The smallest absolute Gasteiger partial charge is 0.337 e. The molecule has 0 radical (unpaired) electrons. The van der Waals surface area contributed by atoms with Crippen molar-refractivity contribution in [1.29, 1.82) is 0 Å². The van der Waals surface area contributed by atoms with E-state index in [2.05, 4.69) is 15.0 Å². The summed E-state index contributed by atoms with van der Waals surface area (Å²) in [4.78, 5) is 36.9. The molecule has 1 atom stereocenters. The van der Waals surface area contributed by atoms with E-state index in [1.807, 2.05) is 30.0 Å². The Morgan fingerprint density at radius 1 is 1.33 bits per heavy atom. The summed E-state index contributed by atoms with van der Waals surface area (Å²) in [6.45, 7) is 5.13. The molecule has 6 heteroatoms. The molecule has 1 amide bonds. The van der Waals surface area contributed by atoms with Gasteiger partial charge in [0.2, 0.25) is 0 Å². The van der Waals surface area contributed by atoms with E-state index in [-0.39, 0.29) is 11.6 Å². The van der Waals surface area contributed by atoms with Gasteiger partial charge in [-0.1, -0.05) is 6.07 Å². The highest BCUT2D eigenvalue weighted by atomic mass is 16.2. The molecule has 24 heavy (non-hydrogen) atoms. The largest absolute Gasteiger partial charge is 0.345 e. The number of hydrogen-bond acceptors (Lipinski definition) is 4. The Kier molecular flexibility index (Phi) is 4.74. The van der Waals surface area contributed by atoms with Crippen LogP contribution in [0.15, 0.2) is 29.1 Å². The monoisotopic (exact) mass is 326 g/mol. The van der Waals surface area contributed by atoms with Crippen LogP contribution in [0.1, 0.15) is 40.4 Å². The average molecular weight is 326 g/mol. The molecule has 3 rings (SSSR count). The van der Waals surface area contributed by atoms with Gasteiger partial charge in [-0.2, -0.15) is 4.98 Å². The zero-order valence-corrected chi connectivity index (χ0v) is 14.1. The van der Waals surface area contributed by atoms with E-state index in [9.17, 15) is 9.59 Å². The number of amides is 1. The van der Waals surface area contributed by atoms with Crippen molar-refractivity contribution in [3.05, 3.63) is 57.5 Å². The van der Waals surface area contributed by atoms with E-state index in [4.69, 9.17) is 0 Å². The molecule has 1 unspecified atom stereocenters. The van der Waals surface area contributed by atoms with Gasteiger partial charge in [0.15, 0.2) is 0 Å². The zero-order chi connectivity index (χ0) is 17.1. The summed E-state index contributed by atoms with van der Waals surface area (Å²) in [5, 5.41) is 0. The molecule has 0 aliphatic carbocycles. The maximum Gasteiger partial charge on any atom is 0.345 e. The molecule has 126 valence electrons. The number of nitrogens with one attached hydrogen (secondary N) is 1. The summed E-state index contributed by atoms with van der Waals surface area (Å²) in [7, 11) is 0. The second kappa shape index (κ2) is 6.95. The van der Waals surface area contributed by atoms with Crippen LogP contribution in [-0.4, -0.2) is 38.8 Å². The lowest BCUT2D eigenvalue weighted by atomic mass is 9.93. The van der Waals surface area contributed by atoms with E-state index < -0.39 is 5.69 Å². The van der Waals surface area contributed by atoms with Gasteiger partial charge in [0.1, 0.15) is 5.69 Å². The molecule has 2 aromatic rings. The van der Waals surface area contributed by atoms with Crippen molar-refractivity contribution in [3.63, 3.8) is 0 Å². The summed E-state index contributed by atoms with van der Waals surface area (Å²) in [6, 6.07) is 7.68. The second-order valence-corrected chi connectivity index (χ2v) is 6.49. The molecule has 1 fully saturated rings. The van der Waals surface area contributed by atoms with E-state index in [1.165, 1.54) is 0 Å². The Balaban J connectivity index is 1.70. The van der Waals surface area contributed by atoms with Crippen molar-refractivity contribution in [2.75, 3.05) is 13.1 Å². The first-order chi connectivity index (χ1) is 11.5. The van der Waals surface area contributed by atoms with Crippen LogP contribution in [0.2, 0.25) is 0 Å². The third-order valence-electron chi connectivity index (χ3n) is 4.35. The van der Waals surface area contributed by atoms with Crippen LogP contribution in [0.4, 0.5) is 0 Å². The number of aromatic nitrogens is 3. The maximum atomic E-state index is 12.7. The van der Waals surface area contributed by atoms with Gasteiger partial charge in [-0.15, -0.1) is 0 Å². The number of pyridine rings is 1. The molecular weight excluding hydrogens is 304 g/mol. The van der Waals surface area contributed by atoms with Gasteiger partial charge in [-0.05, 0) is 57.2 Å². The summed E-state index contributed by atoms with van der Waals surface area (Å²) >= 11 is 0. The van der Waals surface area contributed by atoms with E-state index >= 15 is 0 Å². The zero-order valence-electron chi connectivity index (χ0n) is 14.1. The minimum Gasteiger partial charge on any atom is -0.337 e. The molecule has 0 bridgehead atoms. The van der Waals surface area contributed by atoms with E-state index in [1.54, 1.807) is 13.0 Å². The number of aromatic amines is 1. The lowest BCUT2D eigenvalue weighted by Gasteiger charge is -2.32. The third-order valence-corrected chi connectivity index (χ3v) is 4.35. The molecule has 0 saturated carbocycles. The summed E-state index contributed by atoms with van der Waals surface area (Å²) in [5.41, 5.74) is 2.48. The molecule has 3 heterocycles. The topological polar surface area (TPSA) is 79.0 Å².